The van der Waals surface area contributed by atoms with Crippen molar-refractivity contribution < 1.29 is 0 Å². The Balaban J connectivity index is 1.96. The van der Waals surface area contributed by atoms with Crippen LogP contribution in [0, 0.1) is 17.8 Å². The van der Waals surface area contributed by atoms with Gasteiger partial charge in [-0.3, -0.25) is 0 Å². The fourth-order valence-corrected chi connectivity index (χ4v) is 3.33. The van der Waals surface area contributed by atoms with Gasteiger partial charge in [-0.1, -0.05) is 50.6 Å². The summed E-state index contributed by atoms with van der Waals surface area (Å²) in [4.78, 5) is 0. The van der Waals surface area contributed by atoms with Gasteiger partial charge in [-0.05, 0) is 55.7 Å². The van der Waals surface area contributed by atoms with Crippen molar-refractivity contribution >= 4 is 0 Å². The zero-order chi connectivity index (χ0) is 12.8. The van der Waals surface area contributed by atoms with E-state index in [2.05, 4.69) is 49.5 Å². The van der Waals surface area contributed by atoms with E-state index in [0.717, 1.165) is 24.3 Å². The number of benzene rings is 1. The molecule has 1 N–H and O–H groups in total. The van der Waals surface area contributed by atoms with Crippen molar-refractivity contribution in [3.8, 4) is 0 Å². The van der Waals surface area contributed by atoms with Crippen LogP contribution < -0.4 is 5.32 Å². The zero-order valence-electron chi connectivity index (χ0n) is 11.9. The Kier molecular flexibility index (Phi) is 5.25. The third-order valence-corrected chi connectivity index (χ3v) is 4.40. The Morgan fingerprint density at radius 3 is 2.61 bits per heavy atom. The third kappa shape index (κ3) is 3.84. The predicted molar refractivity (Wildman–Crippen MR) is 78.7 cm³/mol. The summed E-state index contributed by atoms with van der Waals surface area (Å²) in [7, 11) is 0. The van der Waals surface area contributed by atoms with Gasteiger partial charge >= 0.3 is 0 Å². The molecular weight excluding hydrogens is 218 g/mol. The first-order valence-electron chi connectivity index (χ1n) is 7.54. The second-order valence-electron chi connectivity index (χ2n) is 5.94. The first-order chi connectivity index (χ1) is 8.79. The fourth-order valence-electron chi connectivity index (χ4n) is 3.33. The Hall–Kier alpha value is -0.820. The molecule has 1 aliphatic carbocycles. The molecule has 0 heterocycles. The van der Waals surface area contributed by atoms with Crippen molar-refractivity contribution in [1.82, 2.24) is 5.32 Å². The van der Waals surface area contributed by atoms with E-state index in [1.54, 1.807) is 0 Å². The summed E-state index contributed by atoms with van der Waals surface area (Å²) >= 11 is 0. The fraction of sp³-hybridized carbons (Fsp3) is 0.647. The molecule has 0 radical (unpaired) electrons. The van der Waals surface area contributed by atoms with Gasteiger partial charge in [0, 0.05) is 0 Å². The lowest BCUT2D eigenvalue weighted by molar-refractivity contribution is 0.184. The monoisotopic (exact) mass is 245 g/mol. The molecule has 1 aromatic carbocycles. The van der Waals surface area contributed by atoms with Crippen molar-refractivity contribution in [2.45, 2.75) is 39.5 Å². The highest BCUT2D eigenvalue weighted by Crippen LogP contribution is 2.35. The number of hydrogen-bond donors (Lipinski definition) is 1. The quantitative estimate of drug-likeness (QED) is 0.830. The van der Waals surface area contributed by atoms with Gasteiger partial charge in [0.25, 0.3) is 0 Å². The molecule has 1 nitrogen and oxygen atoms in total. The van der Waals surface area contributed by atoms with Crippen molar-refractivity contribution in [3.63, 3.8) is 0 Å². The number of rotatable bonds is 5. The average Bonchev–Trinajstić information content (AvgIpc) is 2.39. The van der Waals surface area contributed by atoms with Crippen LogP contribution in [0.15, 0.2) is 30.3 Å². The van der Waals surface area contributed by atoms with E-state index < -0.39 is 0 Å². The zero-order valence-corrected chi connectivity index (χ0v) is 11.9. The molecule has 1 fully saturated rings. The molecule has 0 bridgehead atoms. The van der Waals surface area contributed by atoms with Crippen LogP contribution in [0.3, 0.4) is 0 Å². The molecule has 0 amide bonds. The van der Waals surface area contributed by atoms with Crippen molar-refractivity contribution in [1.29, 1.82) is 0 Å². The van der Waals surface area contributed by atoms with Crippen LogP contribution >= 0.6 is 0 Å². The van der Waals surface area contributed by atoms with Crippen molar-refractivity contribution in [2.75, 3.05) is 13.1 Å². The maximum atomic E-state index is 3.55. The summed E-state index contributed by atoms with van der Waals surface area (Å²) in [6, 6.07) is 11.0. The van der Waals surface area contributed by atoms with E-state index in [-0.39, 0.29) is 0 Å². The molecule has 0 aromatic heterocycles. The number of nitrogens with one attached hydrogen (secondary N) is 1. The highest BCUT2D eigenvalue weighted by Gasteiger charge is 2.28. The highest BCUT2D eigenvalue weighted by molar-refractivity contribution is 5.15. The Morgan fingerprint density at radius 1 is 1.11 bits per heavy atom. The van der Waals surface area contributed by atoms with Crippen LogP contribution in [-0.4, -0.2) is 13.1 Å². The highest BCUT2D eigenvalue weighted by atomic mass is 14.8. The minimum absolute atomic E-state index is 0.871. The molecule has 2 rings (SSSR count). The lowest BCUT2D eigenvalue weighted by Gasteiger charge is -2.35. The third-order valence-electron chi connectivity index (χ3n) is 4.40. The maximum absolute atomic E-state index is 3.55. The lowest BCUT2D eigenvalue weighted by atomic mass is 9.72. The summed E-state index contributed by atoms with van der Waals surface area (Å²) in [6.07, 6.45) is 5.50. The summed E-state index contributed by atoms with van der Waals surface area (Å²) in [5, 5.41) is 3.55. The molecule has 1 heteroatoms. The molecule has 1 aliphatic rings. The number of hydrogen-bond acceptors (Lipinski definition) is 1. The lowest BCUT2D eigenvalue weighted by Crippen LogP contribution is -2.33. The average molecular weight is 245 g/mol. The molecule has 0 aliphatic heterocycles. The van der Waals surface area contributed by atoms with Crippen LogP contribution in [0.25, 0.3) is 0 Å². The smallest absolute Gasteiger partial charge is 0.00179 e. The summed E-state index contributed by atoms with van der Waals surface area (Å²) < 4.78 is 0. The van der Waals surface area contributed by atoms with Gasteiger partial charge in [-0.15, -0.1) is 0 Å². The van der Waals surface area contributed by atoms with E-state index in [1.165, 1.54) is 37.8 Å². The Bertz CT molecular complexity index is 331. The minimum Gasteiger partial charge on any atom is -0.317 e. The SMILES string of the molecule is CCNCC1CCC(C)CC1Cc1ccccc1. The van der Waals surface area contributed by atoms with Gasteiger partial charge in [0.2, 0.25) is 0 Å². The van der Waals surface area contributed by atoms with Gasteiger partial charge in [-0.25, -0.2) is 0 Å². The summed E-state index contributed by atoms with van der Waals surface area (Å²) in [5.74, 6) is 2.66. The van der Waals surface area contributed by atoms with E-state index >= 15 is 0 Å². The second-order valence-corrected chi connectivity index (χ2v) is 5.94. The molecular formula is C17H27N. The van der Waals surface area contributed by atoms with Gasteiger partial charge < -0.3 is 5.32 Å². The second kappa shape index (κ2) is 6.94. The predicted octanol–water partition coefficient (Wildman–Crippen LogP) is 3.89. The molecule has 3 unspecified atom stereocenters. The molecule has 1 saturated carbocycles. The van der Waals surface area contributed by atoms with Crippen LogP contribution in [-0.2, 0) is 6.42 Å². The normalized spacial score (nSPS) is 28.2. The summed E-state index contributed by atoms with van der Waals surface area (Å²) in [6.45, 7) is 6.93. The van der Waals surface area contributed by atoms with Crippen LogP contribution in [0.4, 0.5) is 0 Å². The minimum atomic E-state index is 0.871. The van der Waals surface area contributed by atoms with Crippen LogP contribution in [0.2, 0.25) is 0 Å². The maximum Gasteiger partial charge on any atom is -0.00179 e. The van der Waals surface area contributed by atoms with E-state index in [0.29, 0.717) is 0 Å². The van der Waals surface area contributed by atoms with Crippen LogP contribution in [0.5, 0.6) is 0 Å². The largest absolute Gasteiger partial charge is 0.317 e. The standard InChI is InChI=1S/C17H27N/c1-3-18-13-16-10-9-14(2)11-17(16)12-15-7-5-4-6-8-15/h4-8,14,16-18H,3,9-13H2,1-2H3. The molecule has 1 aromatic rings. The first-order valence-corrected chi connectivity index (χ1v) is 7.54. The van der Waals surface area contributed by atoms with Crippen molar-refractivity contribution in [3.05, 3.63) is 35.9 Å². The molecule has 3 atom stereocenters. The van der Waals surface area contributed by atoms with Gasteiger partial charge in [0.15, 0.2) is 0 Å². The topological polar surface area (TPSA) is 12.0 Å². The molecule has 0 saturated heterocycles. The first kappa shape index (κ1) is 13.6. The van der Waals surface area contributed by atoms with E-state index in [4.69, 9.17) is 0 Å². The van der Waals surface area contributed by atoms with Gasteiger partial charge in [-0.2, -0.15) is 0 Å². The molecule has 100 valence electrons. The Morgan fingerprint density at radius 2 is 1.89 bits per heavy atom. The van der Waals surface area contributed by atoms with Crippen LogP contribution in [0.1, 0.15) is 38.7 Å². The molecule has 0 spiro atoms. The molecule has 18 heavy (non-hydrogen) atoms. The summed E-state index contributed by atoms with van der Waals surface area (Å²) in [5.41, 5.74) is 1.51. The Labute approximate surface area is 112 Å². The van der Waals surface area contributed by atoms with E-state index in [1.807, 2.05) is 0 Å². The van der Waals surface area contributed by atoms with Gasteiger partial charge in [0.1, 0.15) is 0 Å². The van der Waals surface area contributed by atoms with Gasteiger partial charge in [0.05, 0.1) is 0 Å². The van der Waals surface area contributed by atoms with Crippen molar-refractivity contribution in [2.24, 2.45) is 17.8 Å². The van der Waals surface area contributed by atoms with E-state index in [9.17, 15) is 0 Å².